The molecule has 2 aromatic heterocycles. The van der Waals surface area contributed by atoms with Gasteiger partial charge in [0, 0.05) is 43.3 Å². The van der Waals surface area contributed by atoms with Crippen LogP contribution in [0.15, 0.2) is 84.4 Å². The number of aromatic nitrogens is 2. The highest BCUT2D eigenvalue weighted by Gasteiger charge is 2.44. The fourth-order valence-corrected chi connectivity index (χ4v) is 7.83. The molecule has 4 N–H and O–H groups in total. The molecule has 0 bridgehead atoms. The topological polar surface area (TPSA) is 169 Å². The van der Waals surface area contributed by atoms with Gasteiger partial charge in [-0.05, 0) is 47.9 Å². The first kappa shape index (κ1) is 44.7. The summed E-state index contributed by atoms with van der Waals surface area (Å²) >= 11 is 1.53. The predicted octanol–water partition coefficient (Wildman–Crippen LogP) is 5.56. The van der Waals surface area contributed by atoms with Gasteiger partial charge in [-0.3, -0.25) is 20.0 Å². The monoisotopic (exact) mass is 826 g/mol. The lowest BCUT2D eigenvalue weighted by Crippen LogP contribution is -2.60. The Morgan fingerprint density at radius 3 is 2.29 bits per heavy atom. The molecule has 4 aromatic rings. The number of aryl methyl sites for hydroxylation is 1. The van der Waals surface area contributed by atoms with E-state index >= 15 is 0 Å². The lowest BCUT2D eigenvalue weighted by atomic mass is 9.84. The van der Waals surface area contributed by atoms with Crippen molar-refractivity contribution < 1.29 is 29.0 Å². The van der Waals surface area contributed by atoms with Gasteiger partial charge in [-0.15, -0.1) is 11.3 Å². The highest BCUT2D eigenvalue weighted by atomic mass is 32.1. The lowest BCUT2D eigenvalue weighted by Gasteiger charge is -2.38. The van der Waals surface area contributed by atoms with Crippen LogP contribution in [0.3, 0.4) is 0 Å². The number of pyridine rings is 1. The summed E-state index contributed by atoms with van der Waals surface area (Å²) in [7, 11) is 1.24. The van der Waals surface area contributed by atoms with Crippen LogP contribution in [0.25, 0.3) is 11.3 Å². The van der Waals surface area contributed by atoms with Crippen LogP contribution in [0.5, 0.6) is 0 Å². The Hall–Kier alpha value is -5.38. The molecule has 0 saturated carbocycles. The molecule has 5 amide bonds. The molecule has 0 aliphatic carbocycles. The SMILES string of the molecule is CCC(C)C(NC(=O)OC)C(=O)NN(Cc1ccc(-c2ccccn2)cc1)CC(O)C(Cc1ccccc1)NC(=O)C(N1CCN(Cc2csc(C)n2)C1=O)C(C)(C)C. The third-order valence-corrected chi connectivity index (χ3v) is 11.4. The number of benzene rings is 2. The second kappa shape index (κ2) is 20.5. The summed E-state index contributed by atoms with van der Waals surface area (Å²) in [6.07, 6.45) is 0.658. The zero-order valence-corrected chi connectivity index (χ0v) is 35.9. The van der Waals surface area contributed by atoms with Gasteiger partial charge in [0.05, 0.1) is 42.2 Å². The van der Waals surface area contributed by atoms with Gasteiger partial charge in [0.15, 0.2) is 0 Å². The number of aliphatic hydroxyl groups excluding tert-OH is 1. The van der Waals surface area contributed by atoms with E-state index in [1.165, 1.54) is 18.4 Å². The molecular formula is C44H58N8O6S. The van der Waals surface area contributed by atoms with Crippen molar-refractivity contribution in [1.82, 2.24) is 40.8 Å². The Bertz CT molecular complexity index is 1990. The normalized spacial score (nSPS) is 15.6. The number of carbonyl (C=O) groups is 4. The summed E-state index contributed by atoms with van der Waals surface area (Å²) in [6, 6.07) is 20.1. The molecule has 5 rings (SSSR count). The van der Waals surface area contributed by atoms with Crippen molar-refractivity contribution in [3.63, 3.8) is 0 Å². The highest BCUT2D eigenvalue weighted by molar-refractivity contribution is 7.09. The minimum absolute atomic E-state index is 0.0966. The molecule has 1 aliphatic rings. The van der Waals surface area contributed by atoms with Crippen LogP contribution in [-0.2, 0) is 33.8 Å². The van der Waals surface area contributed by atoms with Gasteiger partial charge in [0.2, 0.25) is 5.91 Å². The van der Waals surface area contributed by atoms with Gasteiger partial charge < -0.3 is 30.3 Å². The van der Waals surface area contributed by atoms with E-state index in [1.54, 1.807) is 21.0 Å². The number of nitrogens with zero attached hydrogens (tertiary/aromatic N) is 5. The van der Waals surface area contributed by atoms with Crippen LogP contribution in [0.4, 0.5) is 9.59 Å². The maximum absolute atomic E-state index is 14.5. The van der Waals surface area contributed by atoms with Crippen molar-refractivity contribution in [2.45, 2.75) is 91.7 Å². The molecule has 1 saturated heterocycles. The molecule has 1 aliphatic heterocycles. The van der Waals surface area contributed by atoms with Crippen LogP contribution < -0.4 is 16.1 Å². The Morgan fingerprint density at radius 2 is 1.68 bits per heavy atom. The van der Waals surface area contributed by atoms with E-state index in [4.69, 9.17) is 4.74 Å². The van der Waals surface area contributed by atoms with E-state index in [0.29, 0.717) is 26.1 Å². The lowest BCUT2D eigenvalue weighted by molar-refractivity contribution is -0.132. The van der Waals surface area contributed by atoms with E-state index in [2.05, 4.69) is 26.0 Å². The van der Waals surface area contributed by atoms with Crippen molar-refractivity contribution in [2.75, 3.05) is 26.7 Å². The minimum atomic E-state index is -1.21. The number of methoxy groups -OCH3 is 1. The van der Waals surface area contributed by atoms with Gasteiger partial charge in [-0.1, -0.05) is 102 Å². The van der Waals surface area contributed by atoms with Crippen molar-refractivity contribution in [2.24, 2.45) is 11.3 Å². The highest BCUT2D eigenvalue weighted by Crippen LogP contribution is 2.29. The minimum Gasteiger partial charge on any atom is -0.453 e. The molecule has 1 fully saturated rings. The number of hydrogen-bond acceptors (Lipinski definition) is 10. The summed E-state index contributed by atoms with van der Waals surface area (Å²) in [5, 5.41) is 22.4. The average Bonchev–Trinajstić information content (AvgIpc) is 3.79. The van der Waals surface area contributed by atoms with Crippen LogP contribution in [-0.4, -0.2) is 105 Å². The van der Waals surface area contributed by atoms with E-state index in [9.17, 15) is 24.3 Å². The molecule has 0 spiro atoms. The number of carbonyl (C=O) groups excluding carboxylic acids is 4. The molecule has 5 unspecified atom stereocenters. The number of hydrazine groups is 1. The quantitative estimate of drug-likeness (QED) is 0.0940. The van der Waals surface area contributed by atoms with Crippen LogP contribution in [0.2, 0.25) is 0 Å². The summed E-state index contributed by atoms with van der Waals surface area (Å²) in [5.41, 5.74) is 6.56. The molecule has 316 valence electrons. The fraction of sp³-hybridized carbons (Fsp3) is 0.455. The predicted molar refractivity (Wildman–Crippen MR) is 228 cm³/mol. The van der Waals surface area contributed by atoms with Crippen molar-refractivity contribution in [3.05, 3.63) is 106 Å². The molecule has 14 nitrogen and oxygen atoms in total. The molecule has 15 heteroatoms. The molecule has 59 heavy (non-hydrogen) atoms. The zero-order valence-electron chi connectivity index (χ0n) is 35.1. The Balaban J connectivity index is 1.41. The number of urea groups is 1. The Morgan fingerprint density at radius 1 is 0.966 bits per heavy atom. The number of nitrogens with one attached hydrogen (secondary N) is 3. The third kappa shape index (κ3) is 12.3. The van der Waals surface area contributed by atoms with Crippen LogP contribution in [0.1, 0.15) is 62.9 Å². The number of thiazole rings is 1. The van der Waals surface area contributed by atoms with Crippen LogP contribution in [0, 0.1) is 18.3 Å². The molecular weight excluding hydrogens is 769 g/mol. The molecule has 0 radical (unpaired) electrons. The van der Waals surface area contributed by atoms with Crippen molar-refractivity contribution in [1.29, 1.82) is 0 Å². The van der Waals surface area contributed by atoms with Crippen molar-refractivity contribution in [3.8, 4) is 11.3 Å². The number of rotatable bonds is 18. The van der Waals surface area contributed by atoms with Crippen LogP contribution >= 0.6 is 11.3 Å². The fourth-order valence-electron chi connectivity index (χ4n) is 7.23. The smallest absolute Gasteiger partial charge is 0.407 e. The van der Waals surface area contributed by atoms with Gasteiger partial charge in [-0.25, -0.2) is 19.6 Å². The molecule has 2 aromatic carbocycles. The third-order valence-electron chi connectivity index (χ3n) is 10.5. The standard InChI is InChI=1S/C44H58N8O6S/c1-8-29(2)38(48-42(56)58-7)40(54)49-51(25-32-17-19-33(20-18-32)35-16-12-13-21-45-35)27-37(53)36(24-31-14-10-9-11-15-31)47-41(55)39(44(4,5)6)52-23-22-50(43(52)57)26-34-28-59-30(3)46-34/h9-21,28-29,36-39,53H,8,22-27H2,1-7H3,(H,47,55)(H,48,56)(H,49,54). The second-order valence-electron chi connectivity index (χ2n) is 16.2. The zero-order chi connectivity index (χ0) is 42.7. The first-order valence-corrected chi connectivity index (χ1v) is 20.9. The number of aliphatic hydroxyl groups is 1. The van der Waals surface area contributed by atoms with Gasteiger partial charge in [0.25, 0.3) is 5.91 Å². The van der Waals surface area contributed by atoms with E-state index < -0.39 is 47.6 Å². The summed E-state index contributed by atoms with van der Waals surface area (Å²) < 4.78 is 4.82. The number of hydrogen-bond donors (Lipinski definition) is 4. The summed E-state index contributed by atoms with van der Waals surface area (Å²) in [4.78, 5) is 67.0. The Kier molecular flexibility index (Phi) is 15.6. The second-order valence-corrected chi connectivity index (χ2v) is 17.2. The van der Waals surface area contributed by atoms with E-state index in [1.807, 2.05) is 120 Å². The van der Waals surface area contributed by atoms with Gasteiger partial charge in [0.1, 0.15) is 12.1 Å². The first-order chi connectivity index (χ1) is 28.2. The summed E-state index contributed by atoms with van der Waals surface area (Å²) in [6.45, 7) is 12.7. The number of ether oxygens (including phenoxy) is 1. The maximum atomic E-state index is 14.5. The number of alkyl carbamates (subject to hydrolysis) is 1. The maximum Gasteiger partial charge on any atom is 0.407 e. The largest absolute Gasteiger partial charge is 0.453 e. The number of amides is 5. The Labute approximate surface area is 351 Å². The van der Waals surface area contributed by atoms with Crippen molar-refractivity contribution >= 4 is 35.3 Å². The van der Waals surface area contributed by atoms with Gasteiger partial charge >= 0.3 is 12.1 Å². The van der Waals surface area contributed by atoms with Gasteiger partial charge in [-0.2, -0.15) is 0 Å². The first-order valence-electron chi connectivity index (χ1n) is 20.1. The van der Waals surface area contributed by atoms with E-state index in [-0.39, 0.29) is 31.5 Å². The van der Waals surface area contributed by atoms with E-state index in [0.717, 1.165) is 33.1 Å². The average molecular weight is 827 g/mol. The molecule has 3 heterocycles. The molecule has 5 atom stereocenters. The summed E-state index contributed by atoms with van der Waals surface area (Å²) in [5.74, 6) is -1.12.